The highest BCUT2D eigenvalue weighted by atomic mass is 35.5. The van der Waals surface area contributed by atoms with Crippen molar-refractivity contribution < 1.29 is 4.79 Å². The zero-order chi connectivity index (χ0) is 22.8. The van der Waals surface area contributed by atoms with Crippen LogP contribution in [0, 0.1) is 6.92 Å². The maximum Gasteiger partial charge on any atom is 0.287 e. The molecule has 2 N–H and O–H groups in total. The molecule has 0 fully saturated rings. The van der Waals surface area contributed by atoms with E-state index in [4.69, 9.17) is 11.6 Å². The first-order valence-electron chi connectivity index (χ1n) is 10.1. The van der Waals surface area contributed by atoms with Gasteiger partial charge in [0.25, 0.3) is 11.5 Å². The number of anilines is 2. The van der Waals surface area contributed by atoms with Gasteiger partial charge in [-0.3, -0.25) is 9.59 Å². The van der Waals surface area contributed by atoms with Crippen molar-refractivity contribution in [1.29, 1.82) is 0 Å². The summed E-state index contributed by atoms with van der Waals surface area (Å²) in [5.74, 6) is -0.109. The summed E-state index contributed by atoms with van der Waals surface area (Å²) in [7, 11) is 0. The molecule has 9 heteroatoms. The van der Waals surface area contributed by atoms with Crippen LogP contribution in [0.4, 0.5) is 11.6 Å². The van der Waals surface area contributed by atoms with Crippen molar-refractivity contribution in [3.8, 4) is 0 Å². The number of nitrogens with zero attached hydrogens (tertiary/aromatic N) is 3. The number of hydrogen-bond acceptors (Lipinski definition) is 6. The molecule has 0 saturated heterocycles. The molecule has 0 atom stereocenters. The van der Waals surface area contributed by atoms with E-state index in [-0.39, 0.29) is 11.6 Å². The van der Waals surface area contributed by atoms with E-state index in [9.17, 15) is 9.59 Å². The van der Waals surface area contributed by atoms with E-state index in [1.54, 1.807) is 34.2 Å². The first-order valence-corrected chi connectivity index (χ1v) is 11.3. The van der Waals surface area contributed by atoms with Crippen LogP contribution in [-0.2, 0) is 6.54 Å². The Morgan fingerprint density at radius 2 is 1.91 bits per heavy atom. The van der Waals surface area contributed by atoms with Crippen molar-refractivity contribution in [2.24, 2.45) is 0 Å². The second-order valence-electron chi connectivity index (χ2n) is 7.71. The topological polar surface area (TPSA) is 88.9 Å². The number of rotatable bonds is 6. The van der Waals surface area contributed by atoms with Crippen LogP contribution in [0.1, 0.15) is 34.8 Å². The molecule has 4 rings (SSSR count). The first-order chi connectivity index (χ1) is 15.3. The molecule has 0 spiro atoms. The molecule has 0 aliphatic carbocycles. The lowest BCUT2D eigenvalue weighted by atomic mass is 10.2. The van der Waals surface area contributed by atoms with Crippen LogP contribution < -0.4 is 16.2 Å². The third-order valence-electron chi connectivity index (χ3n) is 4.68. The highest BCUT2D eigenvalue weighted by molar-refractivity contribution is 7.18. The minimum Gasteiger partial charge on any atom is -0.350 e. The van der Waals surface area contributed by atoms with E-state index >= 15 is 0 Å². The van der Waals surface area contributed by atoms with Gasteiger partial charge in [0.15, 0.2) is 0 Å². The van der Waals surface area contributed by atoms with Crippen LogP contribution in [0.3, 0.4) is 0 Å². The van der Waals surface area contributed by atoms with Crippen molar-refractivity contribution in [1.82, 2.24) is 19.9 Å². The quantitative estimate of drug-likeness (QED) is 0.427. The molecule has 0 radical (unpaired) electrons. The minimum atomic E-state index is -0.590. The summed E-state index contributed by atoms with van der Waals surface area (Å²) in [5, 5.41) is 7.60. The summed E-state index contributed by atoms with van der Waals surface area (Å²) >= 11 is 7.60. The lowest BCUT2D eigenvalue weighted by Crippen LogP contribution is -2.35. The number of carbonyl (C=O) groups excluding carboxylic acids is 1. The minimum absolute atomic E-state index is 0.00764. The number of halogens is 1. The maximum atomic E-state index is 12.7. The molecular weight excluding hydrogens is 446 g/mol. The van der Waals surface area contributed by atoms with Crippen molar-refractivity contribution in [3.63, 3.8) is 0 Å². The molecule has 0 aliphatic heterocycles. The van der Waals surface area contributed by atoms with Crippen molar-refractivity contribution in [3.05, 3.63) is 80.2 Å². The average molecular weight is 468 g/mol. The van der Waals surface area contributed by atoms with Gasteiger partial charge in [0, 0.05) is 22.9 Å². The number of carbonyl (C=O) groups is 1. The number of fused-ring (bicyclic) bond motifs is 1. The van der Waals surface area contributed by atoms with Gasteiger partial charge in [0.1, 0.15) is 5.56 Å². The Bertz CT molecular complexity index is 1350. The smallest absolute Gasteiger partial charge is 0.287 e. The Morgan fingerprint density at radius 1 is 1.16 bits per heavy atom. The lowest BCUT2D eigenvalue weighted by molar-refractivity contribution is 0.0940. The SMILES string of the molecule is Cc1nc2ccc(Nc3nc(=O)c(C(=O)NC(C)C)cn3Cc3ccc(Cl)cc3)cc2s1. The maximum absolute atomic E-state index is 12.7. The molecular formula is C23H22ClN5O2S. The van der Waals surface area contributed by atoms with Crippen LogP contribution in [0.15, 0.2) is 53.5 Å². The van der Waals surface area contributed by atoms with Gasteiger partial charge < -0.3 is 15.2 Å². The Kier molecular flexibility index (Phi) is 6.25. The molecule has 0 saturated carbocycles. The molecule has 2 heterocycles. The fourth-order valence-corrected chi connectivity index (χ4v) is 4.23. The predicted molar refractivity (Wildman–Crippen MR) is 129 cm³/mol. The number of hydrogen-bond donors (Lipinski definition) is 2. The average Bonchev–Trinajstić information content (AvgIpc) is 3.10. The fraction of sp³-hybridized carbons (Fsp3) is 0.217. The van der Waals surface area contributed by atoms with Gasteiger partial charge in [-0.25, -0.2) is 4.98 Å². The molecule has 1 amide bonds. The van der Waals surface area contributed by atoms with Crippen LogP contribution in [-0.4, -0.2) is 26.5 Å². The summed E-state index contributed by atoms with van der Waals surface area (Å²) in [4.78, 5) is 33.9. The highest BCUT2D eigenvalue weighted by Crippen LogP contribution is 2.26. The van der Waals surface area contributed by atoms with Crippen LogP contribution >= 0.6 is 22.9 Å². The summed E-state index contributed by atoms with van der Waals surface area (Å²) in [6, 6.07) is 13.1. The molecule has 32 heavy (non-hydrogen) atoms. The number of thiazole rings is 1. The van der Waals surface area contributed by atoms with Crippen LogP contribution in [0.5, 0.6) is 0 Å². The number of aryl methyl sites for hydroxylation is 1. The zero-order valence-electron chi connectivity index (χ0n) is 17.8. The van der Waals surface area contributed by atoms with E-state index < -0.39 is 11.5 Å². The van der Waals surface area contributed by atoms with Gasteiger partial charge in [-0.15, -0.1) is 11.3 Å². The van der Waals surface area contributed by atoms with Crippen LogP contribution in [0.25, 0.3) is 10.2 Å². The highest BCUT2D eigenvalue weighted by Gasteiger charge is 2.17. The molecule has 164 valence electrons. The third kappa shape index (κ3) is 4.98. The molecule has 0 unspecified atom stereocenters. The van der Waals surface area contributed by atoms with Gasteiger partial charge in [-0.2, -0.15) is 4.98 Å². The van der Waals surface area contributed by atoms with Crippen molar-refractivity contribution in [2.75, 3.05) is 5.32 Å². The van der Waals surface area contributed by atoms with E-state index in [0.717, 1.165) is 26.5 Å². The molecule has 0 bridgehead atoms. The first kappa shape index (κ1) is 22.0. The second-order valence-corrected chi connectivity index (χ2v) is 9.38. The van der Waals surface area contributed by atoms with E-state index in [2.05, 4.69) is 20.6 Å². The summed E-state index contributed by atoms with van der Waals surface area (Å²) in [6.45, 7) is 6.04. The summed E-state index contributed by atoms with van der Waals surface area (Å²) < 4.78 is 2.79. The molecule has 2 aromatic carbocycles. The van der Waals surface area contributed by atoms with E-state index in [0.29, 0.717) is 17.5 Å². The Hall–Kier alpha value is -3.23. The number of amides is 1. The van der Waals surface area contributed by atoms with Gasteiger partial charge in [-0.05, 0) is 56.7 Å². The van der Waals surface area contributed by atoms with Gasteiger partial charge >= 0.3 is 0 Å². The summed E-state index contributed by atoms with van der Waals surface area (Å²) in [5.41, 5.74) is 2.05. The zero-order valence-corrected chi connectivity index (χ0v) is 19.4. The normalized spacial score (nSPS) is 11.2. The van der Waals surface area contributed by atoms with Crippen molar-refractivity contribution >= 4 is 50.7 Å². The summed E-state index contributed by atoms with van der Waals surface area (Å²) in [6.07, 6.45) is 1.54. The lowest BCUT2D eigenvalue weighted by Gasteiger charge is -2.16. The van der Waals surface area contributed by atoms with Gasteiger partial charge in [0.2, 0.25) is 5.95 Å². The molecule has 2 aromatic heterocycles. The predicted octanol–water partition coefficient (Wildman–Crippen LogP) is 4.74. The van der Waals surface area contributed by atoms with E-state index in [1.807, 2.05) is 51.1 Å². The Labute approximate surface area is 194 Å². The van der Waals surface area contributed by atoms with Gasteiger partial charge in [-0.1, -0.05) is 23.7 Å². The Morgan fingerprint density at radius 3 is 2.62 bits per heavy atom. The molecule has 4 aromatic rings. The van der Waals surface area contributed by atoms with E-state index in [1.165, 1.54) is 0 Å². The van der Waals surface area contributed by atoms with Gasteiger partial charge in [0.05, 0.1) is 21.8 Å². The standard InChI is InChI=1S/C23H22ClN5O2S/c1-13(2)25-21(30)18-12-29(11-15-4-6-16(24)7-5-15)23(28-22(18)31)27-17-8-9-19-20(10-17)32-14(3)26-19/h4-10,12-13H,11H2,1-3H3,(H,25,30)(H,27,28,31). The monoisotopic (exact) mass is 467 g/mol. The van der Waals surface area contributed by atoms with Crippen molar-refractivity contribution in [2.45, 2.75) is 33.4 Å². The second kappa shape index (κ2) is 9.10. The molecule has 7 nitrogen and oxygen atoms in total. The third-order valence-corrected chi connectivity index (χ3v) is 5.86. The molecule has 0 aliphatic rings. The number of benzene rings is 2. The number of nitrogens with one attached hydrogen (secondary N) is 2. The fourth-order valence-electron chi connectivity index (χ4n) is 3.24. The Balaban J connectivity index is 1.74. The largest absolute Gasteiger partial charge is 0.350 e. The van der Waals surface area contributed by atoms with Crippen LogP contribution in [0.2, 0.25) is 5.02 Å². The number of aromatic nitrogens is 3.